The van der Waals surface area contributed by atoms with E-state index in [2.05, 4.69) is 15.3 Å². The predicted octanol–water partition coefficient (Wildman–Crippen LogP) is 2.72. The first-order valence-electron chi connectivity index (χ1n) is 4.99. The summed E-state index contributed by atoms with van der Waals surface area (Å²) >= 11 is 0. The van der Waals surface area contributed by atoms with Crippen LogP contribution in [0.15, 0.2) is 9.98 Å². The standard InChI is InChI=1S/C6H13N3.2C2H6/c1-4-8-5-9-6(2)7-3;2*1-2/h5H,4H2,1-3H3,(H,7,8,9);2*1-2H3. The third-order valence-electron chi connectivity index (χ3n) is 0.883. The van der Waals surface area contributed by atoms with Crippen molar-refractivity contribution in [3.05, 3.63) is 0 Å². The molecular weight excluding hydrogens is 162 g/mol. The van der Waals surface area contributed by atoms with E-state index >= 15 is 0 Å². The minimum atomic E-state index is 0.810. The molecule has 0 saturated heterocycles. The zero-order valence-electron chi connectivity index (χ0n) is 10.2. The molecule has 0 aliphatic heterocycles. The molecule has 0 unspecified atom stereocenters. The fraction of sp³-hybridized carbons (Fsp3) is 0.800. The fourth-order valence-corrected chi connectivity index (χ4v) is 0.295. The molecule has 0 fully saturated rings. The summed E-state index contributed by atoms with van der Waals surface area (Å²) in [6, 6.07) is 0. The van der Waals surface area contributed by atoms with E-state index in [0.717, 1.165) is 12.4 Å². The van der Waals surface area contributed by atoms with Gasteiger partial charge in [0.2, 0.25) is 0 Å². The van der Waals surface area contributed by atoms with Gasteiger partial charge < -0.3 is 5.32 Å². The van der Waals surface area contributed by atoms with Gasteiger partial charge >= 0.3 is 0 Å². The molecule has 3 heteroatoms. The molecule has 0 aliphatic carbocycles. The Bertz CT molecular complexity index is 117. The molecule has 0 aliphatic rings. The summed E-state index contributed by atoms with van der Waals surface area (Å²) in [7, 11) is 1.74. The Balaban J connectivity index is -0.000000218. The Kier molecular flexibility index (Phi) is 31.2. The van der Waals surface area contributed by atoms with Gasteiger partial charge in [-0.25, -0.2) is 0 Å². The maximum atomic E-state index is 3.94. The number of aliphatic imine (C=N–C) groups is 2. The minimum absolute atomic E-state index is 0.810. The average Bonchev–Trinajstić information content (AvgIpc) is 2.24. The molecule has 1 N–H and O–H groups in total. The zero-order valence-corrected chi connectivity index (χ0v) is 10.2. The molecule has 13 heavy (non-hydrogen) atoms. The van der Waals surface area contributed by atoms with Gasteiger partial charge in [-0.1, -0.05) is 27.7 Å². The van der Waals surface area contributed by atoms with Crippen LogP contribution in [0.3, 0.4) is 0 Å². The normalized spacial score (nSPS) is 9.62. The van der Waals surface area contributed by atoms with Crippen LogP contribution >= 0.6 is 0 Å². The van der Waals surface area contributed by atoms with Crippen LogP contribution in [0.25, 0.3) is 0 Å². The van der Waals surface area contributed by atoms with Crippen LogP contribution in [0.1, 0.15) is 41.5 Å². The van der Waals surface area contributed by atoms with Crippen molar-refractivity contribution >= 4 is 12.2 Å². The van der Waals surface area contributed by atoms with Gasteiger partial charge in [-0.3, -0.25) is 9.98 Å². The van der Waals surface area contributed by atoms with Crippen LogP contribution in [0.2, 0.25) is 0 Å². The predicted molar refractivity (Wildman–Crippen MR) is 63.9 cm³/mol. The lowest BCUT2D eigenvalue weighted by Crippen LogP contribution is -2.17. The molecule has 0 amide bonds. The minimum Gasteiger partial charge on any atom is -0.336 e. The molecule has 80 valence electrons. The van der Waals surface area contributed by atoms with E-state index in [1.54, 1.807) is 13.4 Å². The summed E-state index contributed by atoms with van der Waals surface area (Å²) in [5, 5.41) is 2.89. The van der Waals surface area contributed by atoms with Gasteiger partial charge in [0.05, 0.1) is 12.2 Å². The second kappa shape index (κ2) is 22.5. The monoisotopic (exact) mass is 187 g/mol. The number of nitrogens with one attached hydrogen (secondary N) is 1. The summed E-state index contributed by atoms with van der Waals surface area (Å²) in [5.41, 5.74) is 0. The van der Waals surface area contributed by atoms with Crippen LogP contribution in [0.4, 0.5) is 0 Å². The lowest BCUT2D eigenvalue weighted by Gasteiger charge is -1.93. The van der Waals surface area contributed by atoms with Crippen molar-refractivity contribution in [1.82, 2.24) is 5.32 Å². The van der Waals surface area contributed by atoms with Gasteiger partial charge in [0.15, 0.2) is 0 Å². The Morgan fingerprint density at radius 2 is 1.69 bits per heavy atom. The summed E-state index contributed by atoms with van der Waals surface area (Å²) in [5.74, 6) is 0.882. The highest BCUT2D eigenvalue weighted by Crippen LogP contribution is 1.64. The lowest BCUT2D eigenvalue weighted by molar-refractivity contribution is 1.12. The van der Waals surface area contributed by atoms with Crippen molar-refractivity contribution in [1.29, 1.82) is 0 Å². The van der Waals surface area contributed by atoms with Crippen LogP contribution in [-0.4, -0.2) is 25.8 Å². The van der Waals surface area contributed by atoms with Crippen LogP contribution in [0.5, 0.6) is 0 Å². The molecular formula is C10H25N3. The molecule has 0 aromatic rings. The van der Waals surface area contributed by atoms with Gasteiger partial charge in [-0.15, -0.1) is 0 Å². The van der Waals surface area contributed by atoms with E-state index in [0.29, 0.717) is 0 Å². The number of rotatable bonds is 2. The zero-order chi connectivity index (χ0) is 11.1. The summed E-state index contributed by atoms with van der Waals surface area (Å²) < 4.78 is 0. The molecule has 0 atom stereocenters. The first kappa shape index (κ1) is 18.0. The maximum Gasteiger partial charge on any atom is 0.0978 e. The van der Waals surface area contributed by atoms with Crippen molar-refractivity contribution in [3.8, 4) is 0 Å². The van der Waals surface area contributed by atoms with Crippen molar-refractivity contribution in [2.24, 2.45) is 9.98 Å². The van der Waals surface area contributed by atoms with Crippen molar-refractivity contribution in [2.45, 2.75) is 41.5 Å². The summed E-state index contributed by atoms with van der Waals surface area (Å²) in [6.07, 6.45) is 1.66. The number of hydrogen-bond acceptors (Lipinski definition) is 2. The second-order valence-electron chi connectivity index (χ2n) is 1.58. The highest BCUT2D eigenvalue weighted by Gasteiger charge is 1.77. The van der Waals surface area contributed by atoms with E-state index in [1.807, 2.05) is 41.5 Å². The maximum absolute atomic E-state index is 3.94. The molecule has 3 nitrogen and oxygen atoms in total. The number of nitrogens with zero attached hydrogens (tertiary/aromatic N) is 2. The summed E-state index contributed by atoms with van der Waals surface area (Å²) in [6.45, 7) is 12.7. The molecule has 0 spiro atoms. The molecule has 0 radical (unpaired) electrons. The van der Waals surface area contributed by atoms with Crippen molar-refractivity contribution in [2.75, 3.05) is 13.6 Å². The van der Waals surface area contributed by atoms with Crippen LogP contribution in [-0.2, 0) is 0 Å². The van der Waals surface area contributed by atoms with E-state index < -0.39 is 0 Å². The van der Waals surface area contributed by atoms with E-state index in [4.69, 9.17) is 0 Å². The molecule has 0 aromatic carbocycles. The van der Waals surface area contributed by atoms with E-state index in [9.17, 15) is 0 Å². The van der Waals surface area contributed by atoms with Crippen LogP contribution in [0, 0.1) is 0 Å². The first-order chi connectivity index (χ1) is 6.31. The van der Waals surface area contributed by atoms with Gasteiger partial charge in [0.25, 0.3) is 0 Å². The molecule has 0 saturated carbocycles. The Morgan fingerprint density at radius 1 is 1.23 bits per heavy atom. The van der Waals surface area contributed by atoms with Gasteiger partial charge in [-0.2, -0.15) is 0 Å². The van der Waals surface area contributed by atoms with Gasteiger partial charge in [0, 0.05) is 13.6 Å². The highest BCUT2D eigenvalue weighted by atomic mass is 15.0. The largest absolute Gasteiger partial charge is 0.336 e. The van der Waals surface area contributed by atoms with Crippen molar-refractivity contribution < 1.29 is 0 Å². The topological polar surface area (TPSA) is 36.8 Å². The van der Waals surface area contributed by atoms with E-state index in [-0.39, 0.29) is 0 Å². The number of amidine groups is 1. The first-order valence-corrected chi connectivity index (χ1v) is 4.99. The smallest absolute Gasteiger partial charge is 0.0978 e. The highest BCUT2D eigenvalue weighted by molar-refractivity contribution is 5.89. The molecule has 0 aromatic heterocycles. The fourth-order valence-electron chi connectivity index (χ4n) is 0.295. The summed E-state index contributed by atoms with van der Waals surface area (Å²) in [4.78, 5) is 7.82. The second-order valence-corrected chi connectivity index (χ2v) is 1.58. The third kappa shape index (κ3) is 24.7. The quantitative estimate of drug-likeness (QED) is 0.524. The Hall–Kier alpha value is -0.860. The number of hydrogen-bond donors (Lipinski definition) is 1. The Labute approximate surface area is 83.4 Å². The Morgan fingerprint density at radius 3 is 2.00 bits per heavy atom. The molecule has 0 bridgehead atoms. The average molecular weight is 187 g/mol. The SMILES string of the molecule is CC.CC.CCN=CNC(C)=NC. The molecule has 0 rings (SSSR count). The van der Waals surface area contributed by atoms with Gasteiger partial charge in [-0.05, 0) is 13.8 Å². The van der Waals surface area contributed by atoms with Gasteiger partial charge in [0.1, 0.15) is 0 Å². The van der Waals surface area contributed by atoms with Crippen molar-refractivity contribution in [3.63, 3.8) is 0 Å². The van der Waals surface area contributed by atoms with E-state index in [1.165, 1.54) is 0 Å². The van der Waals surface area contributed by atoms with Crippen LogP contribution < -0.4 is 5.32 Å². The lowest BCUT2D eigenvalue weighted by atomic mass is 10.7. The molecule has 0 heterocycles. The third-order valence-corrected chi connectivity index (χ3v) is 0.883.